The largest absolute Gasteiger partial charge is 0.349 e. The smallest absolute Gasteiger partial charge is 0.179 e. The van der Waals surface area contributed by atoms with Crippen LogP contribution in [0.2, 0.25) is 0 Å². The minimum absolute atomic E-state index is 0.184. The zero-order valence-corrected chi connectivity index (χ0v) is 17.4. The Bertz CT molecular complexity index is 616. The Morgan fingerprint density at radius 3 is 2.36 bits per heavy atom. The van der Waals surface area contributed by atoms with Gasteiger partial charge in [0.25, 0.3) is 0 Å². The second-order valence-corrected chi connectivity index (χ2v) is 10.8. The fourth-order valence-corrected chi connectivity index (χ4v) is 9.05. The van der Waals surface area contributed by atoms with Crippen molar-refractivity contribution in [3.05, 3.63) is 0 Å². The molecule has 0 aromatic carbocycles. The molecule has 0 aromatic rings. The average Bonchev–Trinajstić information content (AvgIpc) is 2.86. The molecule has 0 amide bonds. The first-order valence-electron chi connectivity index (χ1n) is 11.9. The summed E-state index contributed by atoms with van der Waals surface area (Å²) in [7, 11) is 0. The quantitative estimate of drug-likeness (QED) is 0.685. The molecule has 2 aliphatic heterocycles. The Morgan fingerprint density at radius 1 is 0.821 bits per heavy atom. The molecule has 2 bridgehead atoms. The van der Waals surface area contributed by atoms with Gasteiger partial charge in [0.05, 0.1) is 31.8 Å². The molecule has 7 atom stereocenters. The third-order valence-corrected chi connectivity index (χ3v) is 10.1. The van der Waals surface area contributed by atoms with Crippen LogP contribution in [0.15, 0.2) is 0 Å². The van der Waals surface area contributed by atoms with Gasteiger partial charge in [-0.15, -0.1) is 0 Å². The van der Waals surface area contributed by atoms with Crippen LogP contribution in [-0.4, -0.2) is 44.5 Å². The fourth-order valence-electron chi connectivity index (χ4n) is 9.05. The Balaban J connectivity index is 1.43. The fraction of sp³-hybridized carbons (Fsp3) is 1.00. The van der Waals surface area contributed by atoms with Crippen LogP contribution >= 0.6 is 0 Å². The van der Waals surface area contributed by atoms with Crippen molar-refractivity contribution in [1.82, 2.24) is 0 Å². The molecule has 28 heavy (non-hydrogen) atoms. The third-order valence-electron chi connectivity index (χ3n) is 10.1. The van der Waals surface area contributed by atoms with E-state index in [1.165, 1.54) is 38.5 Å². The van der Waals surface area contributed by atoms with Crippen molar-refractivity contribution in [3.8, 4) is 0 Å². The van der Waals surface area contributed by atoms with E-state index < -0.39 is 5.79 Å². The Morgan fingerprint density at radius 2 is 1.57 bits per heavy atom. The molecule has 0 aromatic heterocycles. The lowest BCUT2D eigenvalue weighted by molar-refractivity contribution is -0.319. The van der Waals surface area contributed by atoms with Crippen molar-refractivity contribution in [3.63, 3.8) is 0 Å². The number of ether oxygens (including phenoxy) is 4. The van der Waals surface area contributed by atoms with Gasteiger partial charge in [0.15, 0.2) is 12.1 Å². The van der Waals surface area contributed by atoms with Crippen LogP contribution in [0.5, 0.6) is 0 Å². The highest BCUT2D eigenvalue weighted by molar-refractivity contribution is 5.17. The Kier molecular flexibility index (Phi) is 4.24. The van der Waals surface area contributed by atoms with Gasteiger partial charge < -0.3 is 24.7 Å². The van der Waals surface area contributed by atoms with E-state index in [2.05, 4.69) is 6.92 Å². The molecule has 5 nitrogen and oxygen atoms in total. The number of hydrogen-bond donors (Lipinski definition) is 1. The topological polar surface area (TPSA) is 62.9 Å². The number of fused-ring (bicyclic) bond motifs is 4. The van der Waals surface area contributed by atoms with Crippen molar-refractivity contribution in [2.75, 3.05) is 26.4 Å². The predicted molar refractivity (Wildman–Crippen MR) is 104 cm³/mol. The molecule has 2 saturated heterocycles. The minimum Gasteiger partial charge on any atom is -0.349 e. The minimum atomic E-state index is -0.523. The normalized spacial score (nSPS) is 58.5. The molecule has 6 rings (SSSR count). The second kappa shape index (κ2) is 6.40. The SMILES string of the molecule is C[C@]12CCCCC1C[C@@H](N)[C@@H]1[C@@H]2CC[C@]23C4OCCOC2(CC[C@@H]13)OCCO4. The van der Waals surface area contributed by atoms with Crippen molar-refractivity contribution in [2.24, 2.45) is 40.2 Å². The van der Waals surface area contributed by atoms with E-state index >= 15 is 0 Å². The van der Waals surface area contributed by atoms with Crippen LogP contribution in [0, 0.1) is 34.5 Å². The van der Waals surface area contributed by atoms with Gasteiger partial charge in [0.1, 0.15) is 0 Å². The molecule has 6 aliphatic rings. The Hall–Kier alpha value is -0.200. The van der Waals surface area contributed by atoms with Crippen LogP contribution < -0.4 is 5.73 Å². The van der Waals surface area contributed by atoms with Crippen LogP contribution in [0.3, 0.4) is 0 Å². The first-order valence-corrected chi connectivity index (χ1v) is 11.9. The van der Waals surface area contributed by atoms with Gasteiger partial charge in [0, 0.05) is 12.5 Å². The molecule has 4 saturated carbocycles. The molecule has 158 valence electrons. The standard InChI is InChI=1S/C23H37NO4/c1-21-7-3-2-4-15(21)14-18(24)19-16(21)5-8-22-17(19)6-9-23(22)27-12-10-25-20(22)26-11-13-28-23/h15-20H,2-14,24H2,1H3/t15?,16-,17-,18+,19+,20?,21-,22-,23?/m0/s1. The third kappa shape index (κ3) is 2.21. The van der Waals surface area contributed by atoms with E-state index in [0.717, 1.165) is 31.1 Å². The van der Waals surface area contributed by atoms with Gasteiger partial charge in [0.2, 0.25) is 0 Å². The molecule has 0 radical (unpaired) electrons. The van der Waals surface area contributed by atoms with Crippen LogP contribution in [-0.2, 0) is 18.9 Å². The highest BCUT2D eigenvalue weighted by Crippen LogP contribution is 2.71. The number of nitrogens with two attached hydrogens (primary N) is 1. The van der Waals surface area contributed by atoms with Crippen LogP contribution in [0.1, 0.15) is 64.7 Å². The lowest BCUT2D eigenvalue weighted by Crippen LogP contribution is -2.65. The van der Waals surface area contributed by atoms with Crippen molar-refractivity contribution < 1.29 is 18.9 Å². The number of hydrogen-bond acceptors (Lipinski definition) is 5. The zero-order valence-electron chi connectivity index (χ0n) is 17.4. The molecule has 2 heterocycles. The van der Waals surface area contributed by atoms with Crippen molar-refractivity contribution in [2.45, 2.75) is 82.8 Å². The lowest BCUT2D eigenvalue weighted by atomic mass is 9.43. The van der Waals surface area contributed by atoms with Crippen LogP contribution in [0.25, 0.3) is 0 Å². The van der Waals surface area contributed by atoms with Crippen molar-refractivity contribution >= 4 is 0 Å². The summed E-state index contributed by atoms with van der Waals surface area (Å²) in [6.07, 6.45) is 11.0. The summed E-state index contributed by atoms with van der Waals surface area (Å²) in [5.41, 5.74) is 7.28. The van der Waals surface area contributed by atoms with E-state index in [9.17, 15) is 0 Å². The molecule has 5 heteroatoms. The van der Waals surface area contributed by atoms with Crippen LogP contribution in [0.4, 0.5) is 0 Å². The maximum Gasteiger partial charge on any atom is 0.179 e. The average molecular weight is 392 g/mol. The summed E-state index contributed by atoms with van der Waals surface area (Å²) in [5.74, 6) is 2.07. The first-order chi connectivity index (χ1) is 13.6. The summed E-state index contributed by atoms with van der Waals surface area (Å²) < 4.78 is 25.6. The van der Waals surface area contributed by atoms with E-state index in [-0.39, 0.29) is 11.7 Å². The highest BCUT2D eigenvalue weighted by atomic mass is 16.8. The van der Waals surface area contributed by atoms with Gasteiger partial charge in [-0.25, -0.2) is 0 Å². The molecule has 1 unspecified atom stereocenters. The van der Waals surface area contributed by atoms with Gasteiger partial charge in [-0.05, 0) is 67.6 Å². The summed E-state index contributed by atoms with van der Waals surface area (Å²) in [5, 5.41) is 0. The van der Waals surface area contributed by atoms with Gasteiger partial charge in [-0.2, -0.15) is 0 Å². The van der Waals surface area contributed by atoms with E-state index in [1.54, 1.807) is 0 Å². The summed E-state index contributed by atoms with van der Waals surface area (Å²) in [4.78, 5) is 0. The lowest BCUT2D eigenvalue weighted by Gasteiger charge is -2.63. The highest BCUT2D eigenvalue weighted by Gasteiger charge is 2.73. The molecule has 1 spiro atoms. The second-order valence-electron chi connectivity index (χ2n) is 10.8. The van der Waals surface area contributed by atoms with E-state index in [1.807, 2.05) is 0 Å². The first kappa shape index (κ1) is 18.6. The monoisotopic (exact) mass is 391 g/mol. The maximum atomic E-state index is 6.99. The number of rotatable bonds is 0. The zero-order chi connectivity index (χ0) is 19.0. The van der Waals surface area contributed by atoms with Crippen molar-refractivity contribution in [1.29, 1.82) is 0 Å². The summed E-state index contributed by atoms with van der Waals surface area (Å²) in [6, 6.07) is 0.295. The Labute approximate surface area is 169 Å². The van der Waals surface area contributed by atoms with E-state index in [4.69, 9.17) is 24.7 Å². The molecular weight excluding hydrogens is 354 g/mol. The predicted octanol–water partition coefficient (Wildman–Crippen LogP) is 3.45. The van der Waals surface area contributed by atoms with E-state index in [0.29, 0.717) is 49.7 Å². The molecule has 6 fully saturated rings. The molecular formula is C23H37NO4. The maximum absolute atomic E-state index is 6.99. The molecule has 4 aliphatic carbocycles. The van der Waals surface area contributed by atoms with Gasteiger partial charge in [-0.3, -0.25) is 0 Å². The van der Waals surface area contributed by atoms with Gasteiger partial charge >= 0.3 is 0 Å². The van der Waals surface area contributed by atoms with Gasteiger partial charge in [-0.1, -0.05) is 19.8 Å². The molecule has 2 N–H and O–H groups in total. The summed E-state index contributed by atoms with van der Waals surface area (Å²) in [6.45, 7) is 5.01. The summed E-state index contributed by atoms with van der Waals surface area (Å²) >= 11 is 0.